The quantitative estimate of drug-likeness (QED) is 0.457. The number of anilines is 2. The predicted molar refractivity (Wildman–Crippen MR) is 127 cm³/mol. The zero-order valence-corrected chi connectivity index (χ0v) is 19.6. The van der Waals surface area contributed by atoms with Gasteiger partial charge in [0.1, 0.15) is 17.4 Å². The molecule has 3 rings (SSSR count). The highest BCUT2D eigenvalue weighted by atomic mass is 79.9. The second-order valence-electron chi connectivity index (χ2n) is 7.10. The molecule has 0 atom stereocenters. The Kier molecular flexibility index (Phi) is 8.31. The monoisotopic (exact) mass is 531 g/mol. The van der Waals surface area contributed by atoms with Gasteiger partial charge in [-0.3, -0.25) is 14.4 Å². The lowest BCUT2D eigenvalue weighted by Crippen LogP contribution is -2.38. The van der Waals surface area contributed by atoms with E-state index in [2.05, 4.69) is 26.6 Å². The summed E-state index contributed by atoms with van der Waals surface area (Å²) in [5, 5.41) is 5.04. The second kappa shape index (κ2) is 11.4. The van der Waals surface area contributed by atoms with Gasteiger partial charge in [0, 0.05) is 22.9 Å². The van der Waals surface area contributed by atoms with Crippen LogP contribution in [0.15, 0.2) is 71.2 Å². The molecule has 0 aliphatic rings. The van der Waals surface area contributed by atoms with Gasteiger partial charge in [0.25, 0.3) is 11.8 Å². The summed E-state index contributed by atoms with van der Waals surface area (Å²) in [6.07, 6.45) is 0. The van der Waals surface area contributed by atoms with Crippen molar-refractivity contribution < 1.29 is 27.9 Å². The molecule has 176 valence electrons. The van der Waals surface area contributed by atoms with Crippen molar-refractivity contribution >= 4 is 45.0 Å². The highest BCUT2D eigenvalue weighted by molar-refractivity contribution is 9.10. The topological polar surface area (TPSA) is 87.7 Å². The minimum absolute atomic E-state index is 0.0239. The van der Waals surface area contributed by atoms with Gasteiger partial charge in [-0.2, -0.15) is 0 Å². The molecule has 2 N–H and O–H groups in total. The van der Waals surface area contributed by atoms with Crippen molar-refractivity contribution in [2.75, 3.05) is 30.4 Å². The fourth-order valence-corrected chi connectivity index (χ4v) is 3.12. The lowest BCUT2D eigenvalue weighted by Gasteiger charge is -2.18. The number of nitrogens with zero attached hydrogens (tertiary/aromatic N) is 1. The number of carbonyl (C=O) groups is 3. The van der Waals surface area contributed by atoms with Gasteiger partial charge < -0.3 is 20.3 Å². The molecular weight excluding hydrogens is 512 g/mol. The summed E-state index contributed by atoms with van der Waals surface area (Å²) in [6.45, 7) is -0.819. The average Bonchev–Trinajstić information content (AvgIpc) is 2.83. The fourth-order valence-electron chi connectivity index (χ4n) is 2.86. The van der Waals surface area contributed by atoms with Crippen LogP contribution in [0, 0.1) is 11.6 Å². The van der Waals surface area contributed by atoms with Gasteiger partial charge in [-0.25, -0.2) is 8.78 Å². The molecule has 10 heteroatoms. The first-order chi connectivity index (χ1) is 16.2. The Bertz CT molecular complexity index is 1190. The summed E-state index contributed by atoms with van der Waals surface area (Å²) in [7, 11) is 1.47. The third-order valence-corrected chi connectivity index (χ3v) is 5.19. The molecule has 0 unspecified atom stereocenters. The number of likely N-dealkylation sites (N-methyl/N-ethyl adjacent to an activating group) is 1. The van der Waals surface area contributed by atoms with Crippen molar-refractivity contribution in [3.63, 3.8) is 0 Å². The van der Waals surface area contributed by atoms with Crippen LogP contribution in [0.4, 0.5) is 20.2 Å². The largest absolute Gasteiger partial charge is 0.483 e. The Morgan fingerprint density at radius 2 is 1.59 bits per heavy atom. The van der Waals surface area contributed by atoms with E-state index in [0.717, 1.165) is 16.6 Å². The number of hydrogen-bond acceptors (Lipinski definition) is 4. The average molecular weight is 532 g/mol. The number of carbonyl (C=O) groups excluding carboxylic acids is 3. The van der Waals surface area contributed by atoms with E-state index in [4.69, 9.17) is 4.74 Å². The highest BCUT2D eigenvalue weighted by Crippen LogP contribution is 2.20. The van der Waals surface area contributed by atoms with Crippen LogP contribution in [-0.2, 0) is 9.59 Å². The van der Waals surface area contributed by atoms with Crippen LogP contribution in [0.5, 0.6) is 5.75 Å². The molecule has 3 aromatic rings. The summed E-state index contributed by atoms with van der Waals surface area (Å²) in [6, 6.07) is 15.4. The Balaban J connectivity index is 1.60. The van der Waals surface area contributed by atoms with Crippen LogP contribution in [0.2, 0.25) is 0 Å². The maximum Gasteiger partial charge on any atom is 0.262 e. The van der Waals surface area contributed by atoms with Gasteiger partial charge in [0.2, 0.25) is 5.91 Å². The van der Waals surface area contributed by atoms with E-state index >= 15 is 0 Å². The van der Waals surface area contributed by atoms with Crippen molar-refractivity contribution in [1.82, 2.24) is 5.32 Å². The minimum atomic E-state index is -0.760. The van der Waals surface area contributed by atoms with Gasteiger partial charge in [0.15, 0.2) is 6.61 Å². The molecule has 7 nitrogen and oxygen atoms in total. The first-order valence-electron chi connectivity index (χ1n) is 10.0. The number of nitrogens with one attached hydrogen (secondary N) is 2. The Labute approximate surface area is 202 Å². The SMILES string of the molecule is CN(C(=O)CNC(=O)c1cc(F)ccc1OCC(=O)Nc1ccc(Br)cc1)c1ccc(F)cc1. The molecular formula is C24H20BrF2N3O4. The van der Waals surface area contributed by atoms with E-state index in [0.29, 0.717) is 11.4 Å². The molecule has 0 fully saturated rings. The first kappa shape index (κ1) is 24.8. The molecule has 0 saturated heterocycles. The van der Waals surface area contributed by atoms with Crippen LogP contribution >= 0.6 is 15.9 Å². The molecule has 0 aliphatic heterocycles. The number of hydrogen-bond donors (Lipinski definition) is 2. The number of ether oxygens (including phenoxy) is 1. The number of benzene rings is 3. The van der Waals surface area contributed by atoms with Crippen LogP contribution in [0.3, 0.4) is 0 Å². The molecule has 0 saturated carbocycles. The predicted octanol–water partition coefficient (Wildman–Crippen LogP) is 4.14. The van der Waals surface area contributed by atoms with Crippen molar-refractivity contribution in [2.45, 2.75) is 0 Å². The molecule has 0 radical (unpaired) electrons. The Hall–Kier alpha value is -3.79. The second-order valence-corrected chi connectivity index (χ2v) is 8.01. The maximum absolute atomic E-state index is 13.8. The van der Waals surface area contributed by atoms with E-state index < -0.39 is 42.5 Å². The van der Waals surface area contributed by atoms with Crippen molar-refractivity contribution in [2.24, 2.45) is 0 Å². The van der Waals surface area contributed by atoms with Gasteiger partial charge in [-0.15, -0.1) is 0 Å². The molecule has 3 amide bonds. The number of rotatable bonds is 8. The summed E-state index contributed by atoms with van der Waals surface area (Å²) >= 11 is 3.30. The minimum Gasteiger partial charge on any atom is -0.483 e. The van der Waals surface area contributed by atoms with Crippen molar-refractivity contribution in [3.05, 3.63) is 88.4 Å². The van der Waals surface area contributed by atoms with Crippen molar-refractivity contribution in [1.29, 1.82) is 0 Å². The summed E-state index contributed by atoms with van der Waals surface area (Å²) in [4.78, 5) is 38.4. The number of amides is 3. The fraction of sp³-hybridized carbons (Fsp3) is 0.125. The summed E-state index contributed by atoms with van der Waals surface area (Å²) in [5.74, 6) is -2.87. The zero-order valence-electron chi connectivity index (χ0n) is 18.0. The van der Waals surface area contributed by atoms with E-state index in [9.17, 15) is 23.2 Å². The normalized spacial score (nSPS) is 10.4. The molecule has 0 aliphatic carbocycles. The molecule has 0 aromatic heterocycles. The van der Waals surface area contributed by atoms with E-state index in [-0.39, 0.29) is 11.3 Å². The third-order valence-electron chi connectivity index (χ3n) is 4.66. The molecule has 34 heavy (non-hydrogen) atoms. The van der Waals surface area contributed by atoms with Crippen LogP contribution in [-0.4, -0.2) is 37.9 Å². The van der Waals surface area contributed by atoms with E-state index in [1.807, 2.05) is 0 Å². The Morgan fingerprint density at radius 1 is 0.941 bits per heavy atom. The molecule has 0 bridgehead atoms. The van der Waals surface area contributed by atoms with Gasteiger partial charge >= 0.3 is 0 Å². The van der Waals surface area contributed by atoms with Crippen LogP contribution < -0.4 is 20.3 Å². The molecule has 3 aromatic carbocycles. The van der Waals surface area contributed by atoms with Gasteiger partial charge in [-0.1, -0.05) is 15.9 Å². The summed E-state index contributed by atoms with van der Waals surface area (Å²) in [5.41, 5.74) is 0.818. The lowest BCUT2D eigenvalue weighted by atomic mass is 10.2. The van der Waals surface area contributed by atoms with E-state index in [1.54, 1.807) is 24.3 Å². The Morgan fingerprint density at radius 3 is 2.26 bits per heavy atom. The lowest BCUT2D eigenvalue weighted by molar-refractivity contribution is -0.118. The van der Waals surface area contributed by atoms with Gasteiger partial charge in [-0.05, 0) is 66.7 Å². The van der Waals surface area contributed by atoms with Crippen LogP contribution in [0.1, 0.15) is 10.4 Å². The number of halogens is 3. The summed E-state index contributed by atoms with van der Waals surface area (Å²) < 4.78 is 33.1. The maximum atomic E-state index is 13.8. The van der Waals surface area contributed by atoms with Gasteiger partial charge in [0.05, 0.1) is 12.1 Å². The third kappa shape index (κ3) is 6.85. The smallest absolute Gasteiger partial charge is 0.262 e. The van der Waals surface area contributed by atoms with E-state index in [1.165, 1.54) is 42.3 Å². The molecule has 0 spiro atoms. The zero-order chi connectivity index (χ0) is 24.7. The van der Waals surface area contributed by atoms with Crippen molar-refractivity contribution in [3.8, 4) is 5.75 Å². The first-order valence-corrected chi connectivity index (χ1v) is 10.8. The molecule has 0 heterocycles. The standard InChI is InChI=1S/C24H20BrF2N3O4/c1-30(19-9-4-16(26)5-10-19)23(32)13-28-24(33)20-12-17(27)6-11-21(20)34-14-22(31)29-18-7-2-15(25)3-8-18/h2-12H,13-14H2,1H3,(H,28,33)(H,29,31). The van der Waals surface area contributed by atoms with Crippen LogP contribution in [0.25, 0.3) is 0 Å². The highest BCUT2D eigenvalue weighted by Gasteiger charge is 2.18.